The van der Waals surface area contributed by atoms with Crippen LogP contribution < -0.4 is 10.6 Å². The van der Waals surface area contributed by atoms with Gasteiger partial charge in [-0.3, -0.25) is 15.1 Å². The Bertz CT molecular complexity index is 1130. The van der Waals surface area contributed by atoms with Crippen molar-refractivity contribution in [2.45, 2.75) is 30.6 Å². The number of carbonyl (C=O) groups excluding carboxylic acids is 1. The Hall–Kier alpha value is -2.93. The number of thioether (sulfide) groups is 1. The molecule has 0 saturated carbocycles. The molecule has 6 heteroatoms. The number of nitrogens with one attached hydrogen (secondary N) is 2. The first-order chi connectivity index (χ1) is 18.3. The molecule has 2 aliphatic rings. The third-order valence-electron chi connectivity index (χ3n) is 7.31. The van der Waals surface area contributed by atoms with E-state index >= 15 is 0 Å². The van der Waals surface area contributed by atoms with Gasteiger partial charge >= 0.3 is 0 Å². The van der Waals surface area contributed by atoms with E-state index in [1.165, 1.54) is 16.7 Å². The normalized spacial score (nSPS) is 20.1. The molecule has 0 radical (unpaired) electrons. The molecule has 1 amide bonds. The van der Waals surface area contributed by atoms with Gasteiger partial charge in [0.15, 0.2) is 4.87 Å². The fraction of sp³-hybridized carbons (Fsp3) is 0.355. The molecule has 2 saturated heterocycles. The summed E-state index contributed by atoms with van der Waals surface area (Å²) in [4.78, 5) is 19.2. The van der Waals surface area contributed by atoms with Gasteiger partial charge in [0.05, 0.1) is 0 Å². The van der Waals surface area contributed by atoms with Gasteiger partial charge in [0, 0.05) is 49.9 Å². The summed E-state index contributed by atoms with van der Waals surface area (Å²) < 4.78 is 0. The number of likely N-dealkylation sites (tertiary alicyclic amines) is 1. The molecule has 2 aliphatic heterocycles. The summed E-state index contributed by atoms with van der Waals surface area (Å²) in [6, 6.07) is 25.5. The van der Waals surface area contributed by atoms with E-state index in [1.54, 1.807) is 29.7 Å². The van der Waals surface area contributed by atoms with Gasteiger partial charge in [0.2, 0.25) is 0 Å². The average Bonchev–Trinajstić information content (AvgIpc) is 3.47. The Morgan fingerprint density at radius 1 is 0.946 bits per heavy atom. The van der Waals surface area contributed by atoms with Gasteiger partial charge in [-0.15, -0.1) is 11.8 Å². The lowest BCUT2D eigenvalue weighted by Gasteiger charge is -2.30. The SMILES string of the molecule is O=C(NCCCCN1CCC(=C(c2ccccc2)c2ccccc2)CC1)C1(c2cccnc2)NCCS1. The number of amides is 1. The smallest absolute Gasteiger partial charge is 0.255 e. The molecule has 192 valence electrons. The van der Waals surface area contributed by atoms with E-state index in [1.807, 2.05) is 12.1 Å². The molecule has 0 spiro atoms. The maximum atomic E-state index is 13.1. The predicted octanol–water partition coefficient (Wildman–Crippen LogP) is 5.07. The van der Waals surface area contributed by atoms with Crippen LogP contribution in [0.1, 0.15) is 42.4 Å². The van der Waals surface area contributed by atoms with Crippen molar-refractivity contribution in [1.82, 2.24) is 20.5 Å². The van der Waals surface area contributed by atoms with Crippen LogP contribution in [0, 0.1) is 0 Å². The highest BCUT2D eigenvalue weighted by atomic mass is 32.2. The molecule has 0 bridgehead atoms. The second-order valence-corrected chi connectivity index (χ2v) is 11.0. The maximum absolute atomic E-state index is 13.1. The van der Waals surface area contributed by atoms with Gasteiger partial charge in [0.25, 0.3) is 5.91 Å². The van der Waals surface area contributed by atoms with Gasteiger partial charge in [-0.1, -0.05) is 72.3 Å². The second-order valence-electron chi connectivity index (χ2n) is 9.71. The molecule has 3 heterocycles. The monoisotopic (exact) mass is 512 g/mol. The van der Waals surface area contributed by atoms with Crippen LogP contribution in [0.15, 0.2) is 90.8 Å². The fourth-order valence-corrected chi connectivity index (χ4v) is 6.59. The minimum atomic E-state index is -0.709. The summed E-state index contributed by atoms with van der Waals surface area (Å²) in [5, 5.41) is 6.60. The minimum Gasteiger partial charge on any atom is -0.353 e. The Labute approximate surface area is 224 Å². The van der Waals surface area contributed by atoms with Crippen molar-refractivity contribution in [1.29, 1.82) is 0 Å². The van der Waals surface area contributed by atoms with Crippen molar-refractivity contribution in [2.24, 2.45) is 0 Å². The zero-order valence-corrected chi connectivity index (χ0v) is 22.2. The van der Waals surface area contributed by atoms with E-state index in [2.05, 4.69) is 81.2 Å². The van der Waals surface area contributed by atoms with Crippen molar-refractivity contribution in [2.75, 3.05) is 38.5 Å². The Morgan fingerprint density at radius 3 is 2.24 bits per heavy atom. The third kappa shape index (κ3) is 6.15. The predicted molar refractivity (Wildman–Crippen MR) is 153 cm³/mol. The zero-order valence-electron chi connectivity index (χ0n) is 21.4. The van der Waals surface area contributed by atoms with E-state index < -0.39 is 4.87 Å². The van der Waals surface area contributed by atoms with Gasteiger partial charge in [0.1, 0.15) is 0 Å². The number of unbranched alkanes of at least 4 members (excludes halogenated alkanes) is 1. The Morgan fingerprint density at radius 2 is 1.65 bits per heavy atom. The number of hydrogen-bond donors (Lipinski definition) is 2. The summed E-state index contributed by atoms with van der Waals surface area (Å²) in [5.41, 5.74) is 6.52. The van der Waals surface area contributed by atoms with E-state index in [-0.39, 0.29) is 5.91 Å². The highest BCUT2D eigenvalue weighted by Gasteiger charge is 2.43. The first-order valence-corrected chi connectivity index (χ1v) is 14.4. The first-order valence-electron chi connectivity index (χ1n) is 13.4. The van der Waals surface area contributed by atoms with Crippen LogP contribution in [0.25, 0.3) is 5.57 Å². The number of pyridine rings is 1. The fourth-order valence-electron chi connectivity index (χ4n) is 5.38. The van der Waals surface area contributed by atoms with Gasteiger partial charge in [-0.25, -0.2) is 0 Å². The summed E-state index contributed by atoms with van der Waals surface area (Å²) in [6.07, 6.45) is 7.82. The van der Waals surface area contributed by atoms with Crippen molar-refractivity contribution in [3.63, 3.8) is 0 Å². The first kappa shape index (κ1) is 25.7. The summed E-state index contributed by atoms with van der Waals surface area (Å²) in [5.74, 6) is 0.967. The number of benzene rings is 2. The third-order valence-corrected chi connectivity index (χ3v) is 8.71. The standard InChI is InChI=1S/C31H36N4OS/c36-30(31(34-19-23-37-31)28-14-9-17-32-24-28)33-18-7-8-20-35-21-15-27(16-22-35)29(25-10-3-1-4-11-25)26-12-5-2-6-13-26/h1-6,9-14,17,24,34H,7-8,15-16,18-23H2,(H,33,36). The maximum Gasteiger partial charge on any atom is 0.255 e. The number of nitrogens with zero attached hydrogens (tertiary/aromatic N) is 2. The molecule has 5 rings (SSSR count). The van der Waals surface area contributed by atoms with Gasteiger partial charge in [-0.05, 0) is 55.0 Å². The second kappa shape index (κ2) is 12.5. The topological polar surface area (TPSA) is 57.3 Å². The molecule has 1 atom stereocenters. The molecule has 5 nitrogen and oxygen atoms in total. The quantitative estimate of drug-likeness (QED) is 0.392. The molecular weight excluding hydrogens is 476 g/mol. The number of rotatable bonds is 9. The lowest BCUT2D eigenvalue weighted by atomic mass is 9.88. The number of piperidine rings is 1. The van der Waals surface area contributed by atoms with Crippen LogP contribution in [0.4, 0.5) is 0 Å². The van der Waals surface area contributed by atoms with Crippen LogP contribution in [-0.4, -0.2) is 54.3 Å². The van der Waals surface area contributed by atoms with Crippen molar-refractivity contribution in [3.8, 4) is 0 Å². The van der Waals surface area contributed by atoms with Crippen LogP contribution in [0.5, 0.6) is 0 Å². The average molecular weight is 513 g/mol. The lowest BCUT2D eigenvalue weighted by molar-refractivity contribution is -0.124. The summed E-state index contributed by atoms with van der Waals surface area (Å²) in [7, 11) is 0. The van der Waals surface area contributed by atoms with E-state index in [4.69, 9.17) is 0 Å². The molecule has 0 aliphatic carbocycles. The Balaban J connectivity index is 1.11. The van der Waals surface area contributed by atoms with Crippen molar-refractivity contribution < 1.29 is 4.79 Å². The van der Waals surface area contributed by atoms with Gasteiger partial charge < -0.3 is 10.2 Å². The highest BCUT2D eigenvalue weighted by Crippen LogP contribution is 2.37. The van der Waals surface area contributed by atoms with Crippen LogP contribution in [-0.2, 0) is 9.67 Å². The number of hydrogen-bond acceptors (Lipinski definition) is 5. The molecule has 1 unspecified atom stereocenters. The van der Waals surface area contributed by atoms with Gasteiger partial charge in [-0.2, -0.15) is 0 Å². The summed E-state index contributed by atoms with van der Waals surface area (Å²) in [6.45, 7) is 4.80. The highest BCUT2D eigenvalue weighted by molar-refractivity contribution is 8.01. The molecule has 2 fully saturated rings. The van der Waals surface area contributed by atoms with Crippen LogP contribution in [0.2, 0.25) is 0 Å². The molecule has 3 aromatic rings. The molecule has 2 aromatic carbocycles. The molecule has 2 N–H and O–H groups in total. The van der Waals surface area contributed by atoms with Crippen LogP contribution in [0.3, 0.4) is 0 Å². The van der Waals surface area contributed by atoms with E-state index in [0.29, 0.717) is 6.54 Å². The largest absolute Gasteiger partial charge is 0.353 e. The molecular formula is C31H36N4OS. The lowest BCUT2D eigenvalue weighted by Crippen LogP contribution is -2.49. The van der Waals surface area contributed by atoms with E-state index in [0.717, 1.165) is 63.2 Å². The van der Waals surface area contributed by atoms with Crippen LogP contribution >= 0.6 is 11.8 Å². The van der Waals surface area contributed by atoms with Crippen molar-refractivity contribution in [3.05, 3.63) is 107 Å². The zero-order chi connectivity index (χ0) is 25.3. The Kier molecular flexibility index (Phi) is 8.72. The van der Waals surface area contributed by atoms with Crippen molar-refractivity contribution >= 4 is 23.2 Å². The van der Waals surface area contributed by atoms with E-state index in [9.17, 15) is 4.79 Å². The number of aromatic nitrogens is 1. The molecule has 1 aromatic heterocycles. The molecule has 37 heavy (non-hydrogen) atoms. The minimum absolute atomic E-state index is 0.0464. The number of carbonyl (C=O) groups is 1. The summed E-state index contributed by atoms with van der Waals surface area (Å²) >= 11 is 1.66.